The zero-order chi connectivity index (χ0) is 11.6. The standard InChI is InChI=1S/C12H24N2O/c1-8(2)12(15)13-11-7-14(5)10(4)6-9(11)3/h8-11H,6-7H2,1-5H3,(H,13,15). The van der Waals surface area contributed by atoms with Gasteiger partial charge in [0.15, 0.2) is 0 Å². The molecule has 88 valence electrons. The Morgan fingerprint density at radius 2 is 2.00 bits per heavy atom. The van der Waals surface area contributed by atoms with E-state index in [1.165, 1.54) is 6.42 Å². The van der Waals surface area contributed by atoms with Gasteiger partial charge in [-0.25, -0.2) is 0 Å². The van der Waals surface area contributed by atoms with Gasteiger partial charge < -0.3 is 10.2 Å². The van der Waals surface area contributed by atoms with Crippen LogP contribution in [0.5, 0.6) is 0 Å². The van der Waals surface area contributed by atoms with Crippen molar-refractivity contribution in [3.05, 3.63) is 0 Å². The van der Waals surface area contributed by atoms with Crippen LogP contribution in [0.3, 0.4) is 0 Å². The molecule has 3 heteroatoms. The van der Waals surface area contributed by atoms with Crippen molar-refractivity contribution in [2.24, 2.45) is 11.8 Å². The maximum Gasteiger partial charge on any atom is 0.222 e. The van der Waals surface area contributed by atoms with E-state index in [-0.39, 0.29) is 11.8 Å². The van der Waals surface area contributed by atoms with Crippen LogP contribution in [0.15, 0.2) is 0 Å². The fourth-order valence-corrected chi connectivity index (χ4v) is 2.09. The third kappa shape index (κ3) is 3.20. The predicted molar refractivity (Wildman–Crippen MR) is 62.6 cm³/mol. The maximum atomic E-state index is 11.6. The number of nitrogens with zero attached hydrogens (tertiary/aromatic N) is 1. The molecule has 15 heavy (non-hydrogen) atoms. The van der Waals surface area contributed by atoms with Gasteiger partial charge in [-0.3, -0.25) is 4.79 Å². The number of likely N-dealkylation sites (N-methyl/N-ethyl adjacent to an activating group) is 1. The summed E-state index contributed by atoms with van der Waals surface area (Å²) in [6, 6.07) is 0.952. The summed E-state index contributed by atoms with van der Waals surface area (Å²) >= 11 is 0. The zero-order valence-electron chi connectivity index (χ0n) is 10.6. The largest absolute Gasteiger partial charge is 0.352 e. The smallest absolute Gasteiger partial charge is 0.222 e. The normalized spacial score (nSPS) is 33.1. The molecule has 3 atom stereocenters. The number of piperidine rings is 1. The topological polar surface area (TPSA) is 32.3 Å². The second-order valence-corrected chi connectivity index (χ2v) is 5.27. The van der Waals surface area contributed by atoms with Gasteiger partial charge in [-0.15, -0.1) is 0 Å². The summed E-state index contributed by atoms with van der Waals surface area (Å²) in [4.78, 5) is 13.9. The number of carbonyl (C=O) groups is 1. The minimum Gasteiger partial charge on any atom is -0.352 e. The molecular weight excluding hydrogens is 188 g/mol. The molecule has 0 aliphatic carbocycles. The fourth-order valence-electron chi connectivity index (χ4n) is 2.09. The first-order chi connectivity index (χ1) is 6.91. The molecule has 1 heterocycles. The molecule has 1 saturated heterocycles. The first-order valence-electron chi connectivity index (χ1n) is 5.92. The molecule has 0 spiro atoms. The molecule has 3 unspecified atom stereocenters. The van der Waals surface area contributed by atoms with Crippen LogP contribution >= 0.6 is 0 Å². The Morgan fingerprint density at radius 3 is 2.53 bits per heavy atom. The van der Waals surface area contributed by atoms with Crippen molar-refractivity contribution in [2.45, 2.75) is 46.2 Å². The fraction of sp³-hybridized carbons (Fsp3) is 0.917. The first-order valence-corrected chi connectivity index (χ1v) is 5.92. The predicted octanol–water partition coefficient (Wildman–Crippen LogP) is 1.49. The van der Waals surface area contributed by atoms with E-state index in [1.54, 1.807) is 0 Å². The third-order valence-electron chi connectivity index (χ3n) is 3.49. The molecule has 1 aliphatic rings. The lowest BCUT2D eigenvalue weighted by molar-refractivity contribution is -0.125. The van der Waals surface area contributed by atoms with Crippen molar-refractivity contribution in [3.63, 3.8) is 0 Å². The van der Waals surface area contributed by atoms with Gasteiger partial charge >= 0.3 is 0 Å². The molecule has 0 saturated carbocycles. The molecule has 0 radical (unpaired) electrons. The summed E-state index contributed by atoms with van der Waals surface area (Å²) in [7, 11) is 2.13. The van der Waals surface area contributed by atoms with Crippen molar-refractivity contribution >= 4 is 5.91 Å². The van der Waals surface area contributed by atoms with Crippen LogP contribution in [0.25, 0.3) is 0 Å². The Kier molecular flexibility index (Phi) is 4.14. The number of amides is 1. The summed E-state index contributed by atoms with van der Waals surface area (Å²) in [6.45, 7) is 9.33. The van der Waals surface area contributed by atoms with Crippen LogP contribution in [0.1, 0.15) is 34.1 Å². The Hall–Kier alpha value is -0.570. The van der Waals surface area contributed by atoms with Gasteiger partial charge in [-0.1, -0.05) is 20.8 Å². The molecule has 3 nitrogen and oxygen atoms in total. The average Bonchev–Trinajstić information content (AvgIpc) is 2.13. The Balaban J connectivity index is 2.51. The Morgan fingerprint density at radius 1 is 1.40 bits per heavy atom. The van der Waals surface area contributed by atoms with Crippen molar-refractivity contribution in [1.29, 1.82) is 0 Å². The highest BCUT2D eigenvalue weighted by Gasteiger charge is 2.29. The van der Waals surface area contributed by atoms with Crippen molar-refractivity contribution in [2.75, 3.05) is 13.6 Å². The summed E-state index contributed by atoms with van der Waals surface area (Å²) in [5, 5.41) is 3.14. The average molecular weight is 212 g/mol. The number of nitrogens with one attached hydrogen (secondary N) is 1. The lowest BCUT2D eigenvalue weighted by Crippen LogP contribution is -2.54. The number of rotatable bonds is 2. The van der Waals surface area contributed by atoms with E-state index < -0.39 is 0 Å². The molecule has 0 bridgehead atoms. The first kappa shape index (κ1) is 12.5. The molecule has 0 aromatic rings. The minimum absolute atomic E-state index is 0.0851. The summed E-state index contributed by atoms with van der Waals surface area (Å²) in [5.74, 6) is 0.843. The van der Waals surface area contributed by atoms with Crippen LogP contribution in [-0.2, 0) is 4.79 Å². The Labute approximate surface area is 93.2 Å². The molecule has 1 amide bonds. The number of hydrogen-bond acceptors (Lipinski definition) is 2. The summed E-state index contributed by atoms with van der Waals surface area (Å²) in [5.41, 5.74) is 0. The monoisotopic (exact) mass is 212 g/mol. The molecule has 1 fully saturated rings. The van der Waals surface area contributed by atoms with Crippen molar-refractivity contribution in [3.8, 4) is 0 Å². The van der Waals surface area contributed by atoms with Crippen molar-refractivity contribution < 1.29 is 4.79 Å². The molecule has 1 N–H and O–H groups in total. The SMILES string of the molecule is CC(C)C(=O)NC1CN(C)C(C)CC1C. The molecule has 1 aliphatic heterocycles. The lowest BCUT2D eigenvalue weighted by atomic mass is 9.89. The number of carbonyl (C=O) groups excluding carboxylic acids is 1. The highest BCUT2D eigenvalue weighted by atomic mass is 16.1. The van der Waals surface area contributed by atoms with E-state index in [4.69, 9.17) is 0 Å². The van der Waals surface area contributed by atoms with Gasteiger partial charge in [0.1, 0.15) is 0 Å². The van der Waals surface area contributed by atoms with E-state index in [0.29, 0.717) is 18.0 Å². The highest BCUT2D eigenvalue weighted by Crippen LogP contribution is 2.21. The van der Waals surface area contributed by atoms with Gasteiger partial charge in [-0.2, -0.15) is 0 Å². The number of hydrogen-bond donors (Lipinski definition) is 1. The van der Waals surface area contributed by atoms with Gasteiger partial charge in [0.05, 0.1) is 0 Å². The minimum atomic E-state index is 0.0851. The van der Waals surface area contributed by atoms with E-state index in [0.717, 1.165) is 6.54 Å². The summed E-state index contributed by atoms with van der Waals surface area (Å²) in [6.07, 6.45) is 1.17. The molecule has 1 rings (SSSR count). The molecular formula is C12H24N2O. The van der Waals surface area contributed by atoms with Crippen LogP contribution in [0.2, 0.25) is 0 Å². The van der Waals surface area contributed by atoms with Gasteiger partial charge in [0.2, 0.25) is 5.91 Å². The van der Waals surface area contributed by atoms with Crippen LogP contribution in [0, 0.1) is 11.8 Å². The third-order valence-corrected chi connectivity index (χ3v) is 3.49. The number of likely N-dealkylation sites (tertiary alicyclic amines) is 1. The van der Waals surface area contributed by atoms with E-state index in [1.807, 2.05) is 13.8 Å². The van der Waals surface area contributed by atoms with Crippen LogP contribution in [0.4, 0.5) is 0 Å². The molecule has 0 aromatic carbocycles. The second kappa shape index (κ2) is 4.97. The van der Waals surface area contributed by atoms with E-state index >= 15 is 0 Å². The van der Waals surface area contributed by atoms with Crippen molar-refractivity contribution in [1.82, 2.24) is 10.2 Å². The molecule has 0 aromatic heterocycles. The van der Waals surface area contributed by atoms with E-state index in [9.17, 15) is 4.79 Å². The van der Waals surface area contributed by atoms with Gasteiger partial charge in [-0.05, 0) is 26.3 Å². The van der Waals surface area contributed by atoms with E-state index in [2.05, 4.69) is 31.1 Å². The van der Waals surface area contributed by atoms with Crippen LogP contribution < -0.4 is 5.32 Å². The highest BCUT2D eigenvalue weighted by molar-refractivity contribution is 5.78. The second-order valence-electron chi connectivity index (χ2n) is 5.27. The van der Waals surface area contributed by atoms with Crippen LogP contribution in [-0.4, -0.2) is 36.5 Å². The van der Waals surface area contributed by atoms with Gasteiger partial charge in [0, 0.05) is 24.5 Å². The Bertz CT molecular complexity index is 228. The lowest BCUT2D eigenvalue weighted by Gasteiger charge is -2.40. The zero-order valence-corrected chi connectivity index (χ0v) is 10.6. The maximum absolute atomic E-state index is 11.6. The van der Waals surface area contributed by atoms with Gasteiger partial charge in [0.25, 0.3) is 0 Å². The quantitative estimate of drug-likeness (QED) is 0.752. The summed E-state index contributed by atoms with van der Waals surface area (Å²) < 4.78 is 0.